The van der Waals surface area contributed by atoms with Crippen molar-refractivity contribution in [2.75, 3.05) is 6.54 Å². The summed E-state index contributed by atoms with van der Waals surface area (Å²) in [5.74, 6) is -4.46. The number of ether oxygens (including phenoxy) is 2. The van der Waals surface area contributed by atoms with Crippen molar-refractivity contribution in [3.63, 3.8) is 0 Å². The minimum Gasteiger partial charge on any atom is -0.450 e. The molecule has 2 atom stereocenters. The first-order valence-corrected chi connectivity index (χ1v) is 7.64. The number of benzene rings is 1. The average Bonchev–Trinajstić information content (AvgIpc) is 2.91. The van der Waals surface area contributed by atoms with Crippen LogP contribution < -0.4 is 0 Å². The number of carboxylic acid groups (broad SMARTS) is 2. The number of carbonyl (C=O) groups is 3. The van der Waals surface area contributed by atoms with Crippen molar-refractivity contribution in [2.45, 2.75) is 25.4 Å². The average molecular weight is 384 g/mol. The number of hydrogen-bond donors (Lipinski definition) is 3. The molecule has 1 aliphatic rings. The van der Waals surface area contributed by atoms with Crippen molar-refractivity contribution in [3.8, 4) is 0 Å². The van der Waals surface area contributed by atoms with Gasteiger partial charge in [0.1, 0.15) is 5.56 Å². The van der Waals surface area contributed by atoms with Crippen LogP contribution >= 0.6 is 0 Å². The summed E-state index contributed by atoms with van der Waals surface area (Å²) in [5.41, 5.74) is -0.983. The number of likely N-dealkylation sites (tertiary alicyclic amines) is 1. The number of hydrogen-bond acceptors (Lipinski definition) is 8. The minimum absolute atomic E-state index is 0.344. The Morgan fingerprint density at radius 2 is 1.81 bits per heavy atom. The van der Waals surface area contributed by atoms with Crippen LogP contribution in [-0.2, 0) is 9.47 Å². The summed E-state index contributed by atoms with van der Waals surface area (Å²) in [5, 5.41) is 39.0. The van der Waals surface area contributed by atoms with Gasteiger partial charge in [0.2, 0.25) is 0 Å². The Labute approximate surface area is 151 Å². The lowest BCUT2D eigenvalue weighted by Gasteiger charge is -2.34. The molecule has 27 heavy (non-hydrogen) atoms. The van der Waals surface area contributed by atoms with E-state index in [1.54, 1.807) is 0 Å². The maximum atomic E-state index is 12.9. The van der Waals surface area contributed by atoms with E-state index in [-0.39, 0.29) is 6.54 Å². The quantitative estimate of drug-likeness (QED) is 0.291. The van der Waals surface area contributed by atoms with Gasteiger partial charge in [0, 0.05) is 18.5 Å². The molecule has 2 rings (SSSR count). The van der Waals surface area contributed by atoms with Gasteiger partial charge < -0.3 is 24.8 Å². The number of aliphatic hydroxyl groups is 1. The highest BCUT2D eigenvalue weighted by Gasteiger charge is 2.57. The predicted octanol–water partition coefficient (Wildman–Crippen LogP) is 1.48. The van der Waals surface area contributed by atoms with E-state index in [1.165, 1.54) is 19.1 Å². The lowest BCUT2D eigenvalue weighted by molar-refractivity contribution is -0.385. The number of aliphatic hydroxyl groups excluding tert-OH is 1. The minimum atomic E-state index is -2.58. The third kappa shape index (κ3) is 4.06. The number of carbonyl (C=O) groups excluding carboxylic acids is 1. The molecular formula is C15H16N2O10. The third-order valence-electron chi connectivity index (χ3n) is 4.10. The van der Waals surface area contributed by atoms with Crippen LogP contribution in [0.1, 0.15) is 23.7 Å². The van der Waals surface area contributed by atoms with E-state index in [1.807, 2.05) is 0 Å². The van der Waals surface area contributed by atoms with Gasteiger partial charge in [0.25, 0.3) is 11.6 Å². The number of nitro groups is 1. The lowest BCUT2D eigenvalue weighted by Crippen LogP contribution is -2.53. The highest BCUT2D eigenvalue weighted by atomic mass is 16.8. The van der Waals surface area contributed by atoms with Crippen LogP contribution in [-0.4, -0.2) is 61.9 Å². The molecule has 0 radical (unpaired) electrons. The molecule has 1 aromatic rings. The molecule has 0 aliphatic carbocycles. The SMILES string of the molecule is CC(O)C1CN(C(=O)c2ccccc2[N+](=O)[O-])C(OC(=O)O)(OC(=O)O)C1. The molecule has 0 spiro atoms. The fourth-order valence-corrected chi connectivity index (χ4v) is 2.89. The van der Waals surface area contributed by atoms with Gasteiger partial charge in [-0.2, -0.15) is 0 Å². The Morgan fingerprint density at radius 1 is 1.26 bits per heavy atom. The largest absolute Gasteiger partial charge is 0.510 e. The highest BCUT2D eigenvalue weighted by Crippen LogP contribution is 2.39. The molecule has 2 unspecified atom stereocenters. The van der Waals surface area contributed by atoms with E-state index in [9.17, 15) is 29.6 Å². The van der Waals surface area contributed by atoms with Crippen LogP contribution in [0.3, 0.4) is 0 Å². The van der Waals surface area contributed by atoms with E-state index in [4.69, 9.17) is 10.2 Å². The van der Waals surface area contributed by atoms with Crippen molar-refractivity contribution in [1.82, 2.24) is 4.90 Å². The van der Waals surface area contributed by atoms with Crippen LogP contribution in [0.25, 0.3) is 0 Å². The van der Waals surface area contributed by atoms with E-state index in [2.05, 4.69) is 9.47 Å². The van der Waals surface area contributed by atoms with Gasteiger partial charge in [0.05, 0.1) is 17.4 Å². The van der Waals surface area contributed by atoms with Crippen molar-refractivity contribution in [3.05, 3.63) is 39.9 Å². The molecule has 1 fully saturated rings. The molecule has 0 aromatic heterocycles. The second-order valence-electron chi connectivity index (χ2n) is 5.84. The van der Waals surface area contributed by atoms with Crippen LogP contribution in [0, 0.1) is 16.0 Å². The molecule has 0 bridgehead atoms. The van der Waals surface area contributed by atoms with Crippen LogP contribution in [0.15, 0.2) is 24.3 Å². The van der Waals surface area contributed by atoms with Crippen LogP contribution in [0.5, 0.6) is 0 Å². The Balaban J connectivity index is 2.54. The lowest BCUT2D eigenvalue weighted by atomic mass is 10.0. The normalized spacial score (nSPS) is 19.2. The zero-order valence-corrected chi connectivity index (χ0v) is 14.0. The molecular weight excluding hydrogens is 368 g/mol. The van der Waals surface area contributed by atoms with Crippen molar-refractivity contribution in [1.29, 1.82) is 0 Å². The molecule has 146 valence electrons. The second kappa shape index (κ2) is 7.45. The maximum Gasteiger partial charge on any atom is 0.510 e. The summed E-state index contributed by atoms with van der Waals surface area (Å²) in [6, 6.07) is 4.86. The van der Waals surface area contributed by atoms with Gasteiger partial charge in [0.15, 0.2) is 0 Å². The standard InChI is InChI=1S/C15H16N2O10/c1-8(18)9-6-15(26-13(20)21,27-14(22)23)16(7-9)12(19)10-4-2-3-5-11(10)17(24)25/h2-5,8-9,18H,6-7H2,1H3,(H,20,21)(H,22,23). The summed E-state index contributed by atoms with van der Waals surface area (Å²) in [7, 11) is 0. The molecule has 3 N–H and O–H groups in total. The fraction of sp³-hybridized carbons (Fsp3) is 0.400. The second-order valence-corrected chi connectivity index (χ2v) is 5.84. The van der Waals surface area contributed by atoms with Crippen molar-refractivity contribution < 1.29 is 44.1 Å². The topological polar surface area (TPSA) is 177 Å². The maximum absolute atomic E-state index is 12.9. The predicted molar refractivity (Wildman–Crippen MR) is 84.9 cm³/mol. The summed E-state index contributed by atoms with van der Waals surface area (Å²) < 4.78 is 9.17. The number of nitrogens with zero attached hydrogens (tertiary/aromatic N) is 2. The van der Waals surface area contributed by atoms with E-state index >= 15 is 0 Å². The van der Waals surface area contributed by atoms with Gasteiger partial charge >= 0.3 is 18.2 Å². The molecule has 1 aromatic carbocycles. The summed E-state index contributed by atoms with van der Waals surface area (Å²) in [4.78, 5) is 46.1. The Bertz CT molecular complexity index is 762. The van der Waals surface area contributed by atoms with Gasteiger partial charge in [-0.1, -0.05) is 12.1 Å². The van der Waals surface area contributed by atoms with Gasteiger partial charge in [-0.15, -0.1) is 0 Å². The van der Waals surface area contributed by atoms with Crippen molar-refractivity contribution in [2.24, 2.45) is 5.92 Å². The van der Waals surface area contributed by atoms with E-state index in [0.29, 0.717) is 4.90 Å². The first kappa shape index (κ1) is 19.9. The fourth-order valence-electron chi connectivity index (χ4n) is 2.89. The Hall–Kier alpha value is -3.41. The number of para-hydroxylation sites is 1. The Morgan fingerprint density at radius 3 is 2.30 bits per heavy atom. The monoisotopic (exact) mass is 384 g/mol. The first-order valence-electron chi connectivity index (χ1n) is 7.64. The molecule has 12 nitrogen and oxygen atoms in total. The van der Waals surface area contributed by atoms with Crippen molar-refractivity contribution >= 4 is 23.9 Å². The van der Waals surface area contributed by atoms with Crippen LogP contribution in [0.2, 0.25) is 0 Å². The van der Waals surface area contributed by atoms with Gasteiger partial charge in [-0.3, -0.25) is 19.8 Å². The van der Waals surface area contributed by atoms with Crippen LogP contribution in [0.4, 0.5) is 15.3 Å². The zero-order valence-electron chi connectivity index (χ0n) is 14.0. The molecule has 1 aliphatic heterocycles. The third-order valence-corrected chi connectivity index (χ3v) is 4.10. The molecule has 1 saturated heterocycles. The molecule has 0 saturated carbocycles. The number of rotatable bonds is 5. The zero-order chi connectivity index (χ0) is 20.4. The summed E-state index contributed by atoms with van der Waals surface area (Å²) >= 11 is 0. The smallest absolute Gasteiger partial charge is 0.450 e. The summed E-state index contributed by atoms with van der Waals surface area (Å²) in [6.45, 7) is 1.01. The summed E-state index contributed by atoms with van der Waals surface area (Å²) in [6.07, 6.45) is -5.40. The van der Waals surface area contributed by atoms with E-state index in [0.717, 1.165) is 12.1 Å². The Kier molecular flexibility index (Phi) is 5.49. The molecule has 12 heteroatoms. The van der Waals surface area contributed by atoms with Gasteiger partial charge in [-0.05, 0) is 13.0 Å². The molecule has 1 amide bonds. The number of amides is 1. The highest BCUT2D eigenvalue weighted by molar-refractivity contribution is 5.98. The van der Waals surface area contributed by atoms with Gasteiger partial charge in [-0.25, -0.2) is 9.59 Å². The first-order chi connectivity index (χ1) is 12.6. The molecule has 1 heterocycles. The van der Waals surface area contributed by atoms with E-state index < -0.39 is 58.7 Å². The number of nitro benzene ring substituents is 1.